The first-order valence-electron chi connectivity index (χ1n) is 6.70. The molecule has 2 aromatic heterocycles. The summed E-state index contributed by atoms with van der Waals surface area (Å²) in [5.41, 5.74) is -0.901. The molecule has 7 heteroatoms. The number of hydrogen-bond donors (Lipinski definition) is 3. The van der Waals surface area contributed by atoms with Crippen LogP contribution in [0.4, 0.5) is 0 Å². The molecule has 0 spiro atoms. The summed E-state index contributed by atoms with van der Waals surface area (Å²) in [7, 11) is 0. The average molecular weight is 280 g/mol. The number of hydrogen-bond acceptors (Lipinski definition) is 4. The van der Waals surface area contributed by atoms with Crippen LogP contribution in [0.1, 0.15) is 38.9 Å². The highest BCUT2D eigenvalue weighted by Gasteiger charge is 2.13. The standard InChI is InChI=1S/C13H20N4O3/c1-8-14-9-10(15-8)16-12(19)17(11(9)18)7-5-4-6-13(2,3)20/h20H,4-7H2,1-3H3,(H,14,15)(H,16,19). The van der Waals surface area contributed by atoms with Gasteiger partial charge in [-0.05, 0) is 40.0 Å². The molecule has 0 aliphatic rings. The minimum atomic E-state index is -0.720. The number of H-pyrrole nitrogens is 2. The second kappa shape index (κ2) is 5.24. The van der Waals surface area contributed by atoms with Crippen LogP contribution >= 0.6 is 0 Å². The van der Waals surface area contributed by atoms with Crippen LogP contribution in [0.15, 0.2) is 9.59 Å². The average Bonchev–Trinajstić information content (AvgIpc) is 2.67. The fourth-order valence-electron chi connectivity index (χ4n) is 2.16. The van der Waals surface area contributed by atoms with Crippen LogP contribution in [-0.2, 0) is 6.54 Å². The Balaban J connectivity index is 2.18. The lowest BCUT2D eigenvalue weighted by Gasteiger charge is -2.16. The van der Waals surface area contributed by atoms with E-state index in [1.54, 1.807) is 20.8 Å². The Bertz CT molecular complexity index is 718. The number of nitrogens with one attached hydrogen (secondary N) is 2. The molecule has 0 saturated heterocycles. The SMILES string of the molecule is Cc1nc2[nH]c(=O)n(CCCCC(C)(C)O)c(=O)c2[nH]1. The second-order valence-corrected chi connectivity index (χ2v) is 5.70. The van der Waals surface area contributed by atoms with Gasteiger partial charge < -0.3 is 10.1 Å². The van der Waals surface area contributed by atoms with E-state index in [-0.39, 0.29) is 5.56 Å². The van der Waals surface area contributed by atoms with Crippen LogP contribution in [0.3, 0.4) is 0 Å². The monoisotopic (exact) mass is 280 g/mol. The first-order valence-corrected chi connectivity index (χ1v) is 6.70. The zero-order chi connectivity index (χ0) is 14.9. The van der Waals surface area contributed by atoms with Gasteiger partial charge in [0.25, 0.3) is 5.56 Å². The molecule has 2 heterocycles. The van der Waals surface area contributed by atoms with E-state index in [1.165, 1.54) is 4.57 Å². The Labute approximate surface area is 115 Å². The van der Waals surface area contributed by atoms with E-state index >= 15 is 0 Å². The quantitative estimate of drug-likeness (QED) is 0.700. The van der Waals surface area contributed by atoms with E-state index in [0.29, 0.717) is 36.4 Å². The van der Waals surface area contributed by atoms with Crippen LogP contribution in [0.25, 0.3) is 11.2 Å². The van der Waals surface area contributed by atoms with E-state index in [9.17, 15) is 14.7 Å². The van der Waals surface area contributed by atoms with Crippen molar-refractivity contribution in [2.45, 2.75) is 52.2 Å². The first kappa shape index (κ1) is 14.5. The van der Waals surface area contributed by atoms with Crippen LogP contribution in [0.2, 0.25) is 0 Å². The molecule has 0 saturated carbocycles. The highest BCUT2D eigenvalue weighted by Crippen LogP contribution is 2.12. The molecule has 0 bridgehead atoms. The van der Waals surface area contributed by atoms with Gasteiger partial charge in [-0.25, -0.2) is 9.78 Å². The number of aromatic amines is 2. The van der Waals surface area contributed by atoms with Gasteiger partial charge in [0.15, 0.2) is 5.65 Å². The van der Waals surface area contributed by atoms with Gasteiger partial charge in [0.1, 0.15) is 11.3 Å². The van der Waals surface area contributed by atoms with Crippen molar-refractivity contribution in [1.82, 2.24) is 19.5 Å². The van der Waals surface area contributed by atoms with E-state index in [0.717, 1.165) is 6.42 Å². The Hall–Kier alpha value is -1.89. The van der Waals surface area contributed by atoms with Crippen molar-refractivity contribution >= 4 is 11.2 Å². The number of unbranched alkanes of at least 4 members (excludes halogenated alkanes) is 1. The van der Waals surface area contributed by atoms with Gasteiger partial charge in [-0.2, -0.15) is 0 Å². The summed E-state index contributed by atoms with van der Waals surface area (Å²) in [6, 6.07) is 0. The van der Waals surface area contributed by atoms with Gasteiger partial charge >= 0.3 is 5.69 Å². The summed E-state index contributed by atoms with van der Waals surface area (Å²) in [5, 5.41) is 9.62. The molecule has 2 rings (SSSR count). The van der Waals surface area contributed by atoms with Crippen molar-refractivity contribution < 1.29 is 5.11 Å². The Kier molecular flexibility index (Phi) is 3.80. The molecule has 0 fully saturated rings. The third-order valence-electron chi connectivity index (χ3n) is 3.17. The van der Waals surface area contributed by atoms with Gasteiger partial charge in [-0.1, -0.05) is 0 Å². The third kappa shape index (κ3) is 3.16. The molecular weight excluding hydrogens is 260 g/mol. The van der Waals surface area contributed by atoms with Gasteiger partial charge in [0, 0.05) is 6.54 Å². The maximum atomic E-state index is 12.2. The highest BCUT2D eigenvalue weighted by atomic mass is 16.3. The summed E-state index contributed by atoms with van der Waals surface area (Å²) in [5.74, 6) is 0.590. The maximum absolute atomic E-state index is 12.2. The lowest BCUT2D eigenvalue weighted by atomic mass is 10.0. The highest BCUT2D eigenvalue weighted by molar-refractivity contribution is 5.68. The maximum Gasteiger partial charge on any atom is 0.330 e. The van der Waals surface area contributed by atoms with Gasteiger partial charge in [0.05, 0.1) is 5.60 Å². The van der Waals surface area contributed by atoms with Gasteiger partial charge in [-0.15, -0.1) is 0 Å². The zero-order valence-electron chi connectivity index (χ0n) is 12.0. The molecule has 0 atom stereocenters. The molecular formula is C13H20N4O3. The normalized spacial score (nSPS) is 12.2. The molecule has 2 aromatic rings. The minimum absolute atomic E-state index is 0.297. The van der Waals surface area contributed by atoms with Crippen molar-refractivity contribution in [1.29, 1.82) is 0 Å². The molecule has 0 aromatic carbocycles. The lowest BCUT2D eigenvalue weighted by Crippen LogP contribution is -2.35. The van der Waals surface area contributed by atoms with E-state index in [4.69, 9.17) is 0 Å². The lowest BCUT2D eigenvalue weighted by molar-refractivity contribution is 0.0678. The Morgan fingerprint density at radius 3 is 2.60 bits per heavy atom. The molecule has 0 aliphatic heterocycles. The number of aliphatic hydroxyl groups is 1. The van der Waals surface area contributed by atoms with E-state index < -0.39 is 11.3 Å². The molecule has 0 amide bonds. The molecule has 110 valence electrons. The molecule has 20 heavy (non-hydrogen) atoms. The summed E-state index contributed by atoms with van der Waals surface area (Å²) in [6.45, 7) is 5.54. The van der Waals surface area contributed by atoms with E-state index in [2.05, 4.69) is 15.0 Å². The number of rotatable bonds is 5. The largest absolute Gasteiger partial charge is 0.390 e. The van der Waals surface area contributed by atoms with E-state index in [1.807, 2.05) is 0 Å². The molecule has 7 nitrogen and oxygen atoms in total. The topological polar surface area (TPSA) is 104 Å². The minimum Gasteiger partial charge on any atom is -0.390 e. The Morgan fingerprint density at radius 2 is 1.95 bits per heavy atom. The van der Waals surface area contributed by atoms with Gasteiger partial charge in [0.2, 0.25) is 0 Å². The molecule has 3 N–H and O–H groups in total. The fraction of sp³-hybridized carbons (Fsp3) is 0.615. The van der Waals surface area contributed by atoms with Crippen molar-refractivity contribution in [3.8, 4) is 0 Å². The van der Waals surface area contributed by atoms with Crippen LogP contribution in [-0.4, -0.2) is 30.2 Å². The zero-order valence-corrected chi connectivity index (χ0v) is 12.0. The molecule has 0 unspecified atom stereocenters. The third-order valence-corrected chi connectivity index (χ3v) is 3.17. The summed E-state index contributed by atoms with van der Waals surface area (Å²) < 4.78 is 1.17. The van der Waals surface area contributed by atoms with Crippen LogP contribution in [0, 0.1) is 6.92 Å². The smallest absolute Gasteiger partial charge is 0.330 e. The number of aromatic nitrogens is 4. The van der Waals surface area contributed by atoms with Crippen LogP contribution in [0.5, 0.6) is 0 Å². The summed E-state index contributed by atoms with van der Waals surface area (Å²) >= 11 is 0. The Morgan fingerprint density at radius 1 is 1.25 bits per heavy atom. The number of imidazole rings is 1. The first-order chi connectivity index (χ1) is 9.28. The predicted molar refractivity (Wildman–Crippen MR) is 75.9 cm³/mol. The van der Waals surface area contributed by atoms with Crippen molar-refractivity contribution in [2.75, 3.05) is 0 Å². The van der Waals surface area contributed by atoms with Crippen molar-refractivity contribution in [3.05, 3.63) is 26.7 Å². The number of aryl methyl sites for hydroxylation is 1. The second-order valence-electron chi connectivity index (χ2n) is 5.70. The summed E-state index contributed by atoms with van der Waals surface area (Å²) in [6.07, 6.45) is 2.03. The number of fused-ring (bicyclic) bond motifs is 1. The molecule has 0 radical (unpaired) electrons. The van der Waals surface area contributed by atoms with Crippen molar-refractivity contribution in [3.63, 3.8) is 0 Å². The van der Waals surface area contributed by atoms with Gasteiger partial charge in [-0.3, -0.25) is 14.3 Å². The number of nitrogens with zero attached hydrogens (tertiary/aromatic N) is 2. The molecule has 0 aliphatic carbocycles. The predicted octanol–water partition coefficient (Wildman–Crippen LogP) is 0.663. The summed E-state index contributed by atoms with van der Waals surface area (Å²) in [4.78, 5) is 33.5. The fourth-order valence-corrected chi connectivity index (χ4v) is 2.16. The van der Waals surface area contributed by atoms with Crippen molar-refractivity contribution in [2.24, 2.45) is 0 Å². The van der Waals surface area contributed by atoms with Crippen LogP contribution < -0.4 is 11.2 Å².